The number of aliphatic hydroxyl groups is 9. The molecule has 19 unspecified atom stereocenters. The number of carbonyl (C=O) groups is 1. The largest absolute Gasteiger partial charge is 0.396 e. The number of allylic oxidation sites excluding steroid dienone is 4. The Hall–Kier alpha value is -1.95. The molecule has 9 aliphatic rings. The number of hydrogen-bond donors (Lipinski definition) is 12. The molecule has 68 heavy (non-hydrogen) atoms. The maximum absolute atomic E-state index is 15.6. The molecule has 0 aromatic heterocycles. The number of nitrogens with two attached hydrogens (primary N) is 1. The van der Waals surface area contributed by atoms with Crippen LogP contribution in [0.25, 0.3) is 0 Å². The zero-order valence-corrected chi connectivity index (χ0v) is 41.2. The van der Waals surface area contributed by atoms with Crippen molar-refractivity contribution in [2.45, 2.75) is 228 Å². The number of Topliss-reactive ketones (excluding diaryl/α,β-unsaturated/α-hetero) is 1. The Labute approximate surface area is 404 Å². The lowest BCUT2D eigenvalue weighted by atomic mass is 9.40. The van der Waals surface area contributed by atoms with Gasteiger partial charge in [0.2, 0.25) is 0 Å². The van der Waals surface area contributed by atoms with Crippen molar-refractivity contribution in [2.75, 3.05) is 13.2 Å². The molecule has 0 aromatic carbocycles. The second-order valence-electron chi connectivity index (χ2n) is 24.0. The summed E-state index contributed by atoms with van der Waals surface area (Å²) in [6.45, 7) is 5.56. The van der Waals surface area contributed by atoms with Crippen LogP contribution in [0.4, 0.5) is 0 Å². The highest BCUT2D eigenvalue weighted by molar-refractivity contribution is 6.00. The van der Waals surface area contributed by atoms with E-state index < -0.39 is 88.2 Å². The Bertz CT molecular complexity index is 1940. The highest BCUT2D eigenvalue weighted by Gasteiger charge is 2.78. The van der Waals surface area contributed by atoms with Crippen molar-refractivity contribution in [1.29, 1.82) is 0 Å². The first-order valence-electron chi connectivity index (χ1n) is 27.2. The molecule has 14 heteroatoms. The van der Waals surface area contributed by atoms with Crippen molar-refractivity contribution in [1.82, 2.24) is 10.6 Å². The van der Waals surface area contributed by atoms with Crippen molar-refractivity contribution in [3.05, 3.63) is 34.7 Å². The number of ether oxygens (including phenoxy) is 1. The van der Waals surface area contributed by atoms with Gasteiger partial charge in [-0.3, -0.25) is 4.79 Å². The molecule has 7 aliphatic carbocycles. The van der Waals surface area contributed by atoms with E-state index in [1.807, 2.05) is 12.2 Å². The molecule has 19 atom stereocenters. The van der Waals surface area contributed by atoms with E-state index in [9.17, 15) is 46.0 Å². The first kappa shape index (κ1) is 51.0. The minimum atomic E-state index is -1.87. The van der Waals surface area contributed by atoms with E-state index >= 15 is 4.79 Å². The lowest BCUT2D eigenvalue weighted by Crippen LogP contribution is -2.72. The van der Waals surface area contributed by atoms with E-state index in [2.05, 4.69) is 17.6 Å². The van der Waals surface area contributed by atoms with Crippen molar-refractivity contribution in [3.8, 4) is 0 Å². The summed E-state index contributed by atoms with van der Waals surface area (Å²) in [5.74, 6) is -2.67. The first-order chi connectivity index (χ1) is 32.4. The Morgan fingerprint density at radius 3 is 2.41 bits per heavy atom. The van der Waals surface area contributed by atoms with Gasteiger partial charge in [-0.05, 0) is 169 Å². The van der Waals surface area contributed by atoms with Gasteiger partial charge in [0.05, 0.1) is 65.8 Å². The van der Waals surface area contributed by atoms with Crippen LogP contribution in [0.15, 0.2) is 34.7 Å². The van der Waals surface area contributed by atoms with E-state index in [1.165, 1.54) is 0 Å². The molecule has 6 saturated carbocycles. The van der Waals surface area contributed by atoms with E-state index in [0.29, 0.717) is 56.4 Å². The molecule has 7 fully saturated rings. The summed E-state index contributed by atoms with van der Waals surface area (Å²) in [7, 11) is 0. The van der Waals surface area contributed by atoms with Gasteiger partial charge in [0.1, 0.15) is 5.60 Å². The Balaban J connectivity index is 1.17. The molecule has 384 valence electrons. The van der Waals surface area contributed by atoms with Gasteiger partial charge in [0.25, 0.3) is 0 Å². The molecule has 0 radical (unpaired) electrons. The SMILES string of the molecule is CCCC1CCC2OC3C(C(O)CCCC3(O)C(C)(O)C3CCC4(O)C5=C(NCC(C)O)C(=O)C6CC(O)C(O)CC6(CCC6=C(CCCO)NC(N)C=C6)C5C(O)CC34C3CCCC3)C2CC1. The molecule has 2 heterocycles. The average Bonchev–Trinajstić information content (AvgIpc) is 3.99. The number of dihydropyridines is 1. The van der Waals surface area contributed by atoms with Crippen LogP contribution in [0.3, 0.4) is 0 Å². The third-order valence-corrected chi connectivity index (χ3v) is 20.5. The predicted molar refractivity (Wildman–Crippen MR) is 256 cm³/mol. The average molecular weight is 954 g/mol. The minimum absolute atomic E-state index is 0.00394. The van der Waals surface area contributed by atoms with Gasteiger partial charge in [-0.1, -0.05) is 45.1 Å². The quantitative estimate of drug-likeness (QED) is 0.118. The van der Waals surface area contributed by atoms with Gasteiger partial charge in [-0.2, -0.15) is 0 Å². The number of hydrogen-bond acceptors (Lipinski definition) is 14. The van der Waals surface area contributed by atoms with Crippen LogP contribution in [0.1, 0.15) is 162 Å². The first-order valence-corrected chi connectivity index (χ1v) is 27.2. The van der Waals surface area contributed by atoms with Crippen LogP contribution in [-0.2, 0) is 9.53 Å². The maximum atomic E-state index is 15.6. The fraction of sp³-hybridized carbons (Fsp3) is 0.870. The smallest absolute Gasteiger partial charge is 0.182 e. The van der Waals surface area contributed by atoms with E-state index in [1.54, 1.807) is 13.8 Å². The molecule has 0 spiro atoms. The van der Waals surface area contributed by atoms with Crippen LogP contribution in [0.2, 0.25) is 0 Å². The Kier molecular flexibility index (Phi) is 14.6. The topological polar surface area (TPSA) is 258 Å². The second kappa shape index (κ2) is 19.5. The summed E-state index contributed by atoms with van der Waals surface area (Å²) in [5.41, 5.74) is 0.867. The molecule has 14 nitrogen and oxygen atoms in total. The van der Waals surface area contributed by atoms with E-state index in [4.69, 9.17) is 10.5 Å². The number of aliphatic hydroxyl groups excluding tert-OH is 6. The third-order valence-electron chi connectivity index (χ3n) is 20.5. The fourth-order valence-electron chi connectivity index (χ4n) is 17.6. The number of carbonyl (C=O) groups excluding carboxylic acids is 1. The van der Waals surface area contributed by atoms with Gasteiger partial charge in [0, 0.05) is 42.0 Å². The van der Waals surface area contributed by atoms with Crippen molar-refractivity contribution < 1.29 is 55.5 Å². The highest BCUT2D eigenvalue weighted by Crippen LogP contribution is 2.74. The number of rotatable bonds is 14. The lowest BCUT2D eigenvalue weighted by Gasteiger charge is -2.66. The van der Waals surface area contributed by atoms with Gasteiger partial charge in [0.15, 0.2) is 5.78 Å². The molecular formula is C54H87N3O11. The van der Waals surface area contributed by atoms with Crippen LogP contribution >= 0.6 is 0 Å². The summed E-state index contributed by atoms with van der Waals surface area (Å²) in [5, 5.41) is 117. The maximum Gasteiger partial charge on any atom is 0.182 e. The molecule has 0 amide bonds. The van der Waals surface area contributed by atoms with Gasteiger partial charge < -0.3 is 67.1 Å². The number of fused-ring (bicyclic) bond motifs is 8. The zero-order chi connectivity index (χ0) is 48.6. The summed E-state index contributed by atoms with van der Waals surface area (Å²) < 4.78 is 7.06. The van der Waals surface area contributed by atoms with Gasteiger partial charge >= 0.3 is 0 Å². The van der Waals surface area contributed by atoms with Crippen LogP contribution in [0, 0.1) is 52.3 Å². The standard InChI is InChI=1S/C54H87N3O11/c1-4-9-31-14-17-34-41(18-15-31)68-49-44(34)37(60)13-7-22-54(49,67)50(3,65)42-21-24-53(66)46-45(40(63)28-52(42,53)33-10-5-6-11-33)51(23-20-32-16-19-43(55)57-36(32)12-8-25-58)27-39(62)38(61)26-35(51)48(64)47(46)56-29-30(2)59/h16,19,30-31,33-35,37-45,49,56-63,65-67H,4-15,17-18,20-29,55H2,1-3H3. The molecule has 0 aromatic rings. The highest BCUT2D eigenvalue weighted by atomic mass is 16.5. The predicted octanol–water partition coefficient (Wildman–Crippen LogP) is 3.88. The molecule has 0 bridgehead atoms. The molecular weight excluding hydrogens is 867 g/mol. The van der Waals surface area contributed by atoms with Crippen molar-refractivity contribution in [3.63, 3.8) is 0 Å². The lowest BCUT2D eigenvalue weighted by molar-refractivity contribution is -0.269. The molecule has 9 rings (SSSR count). The van der Waals surface area contributed by atoms with Crippen molar-refractivity contribution >= 4 is 5.78 Å². The van der Waals surface area contributed by atoms with E-state index in [0.717, 1.165) is 75.5 Å². The zero-order valence-electron chi connectivity index (χ0n) is 41.2. The van der Waals surface area contributed by atoms with Gasteiger partial charge in [-0.15, -0.1) is 0 Å². The second-order valence-corrected chi connectivity index (χ2v) is 24.0. The van der Waals surface area contributed by atoms with Crippen LogP contribution < -0.4 is 16.4 Å². The van der Waals surface area contributed by atoms with Gasteiger partial charge in [-0.25, -0.2) is 0 Å². The van der Waals surface area contributed by atoms with Crippen LogP contribution in [-0.4, -0.2) is 131 Å². The van der Waals surface area contributed by atoms with Crippen molar-refractivity contribution in [2.24, 2.45) is 58.0 Å². The summed E-state index contributed by atoms with van der Waals surface area (Å²) in [4.78, 5) is 15.6. The summed E-state index contributed by atoms with van der Waals surface area (Å²) >= 11 is 0. The monoisotopic (exact) mass is 954 g/mol. The number of ketones is 1. The Morgan fingerprint density at radius 2 is 1.69 bits per heavy atom. The molecule has 13 N–H and O–H groups in total. The molecule has 1 saturated heterocycles. The summed E-state index contributed by atoms with van der Waals surface area (Å²) in [6.07, 6.45) is 10.2. The van der Waals surface area contributed by atoms with Crippen LogP contribution in [0.5, 0.6) is 0 Å². The number of nitrogens with one attached hydrogen (secondary N) is 2. The fourth-order valence-corrected chi connectivity index (χ4v) is 17.6. The van der Waals surface area contributed by atoms with E-state index in [-0.39, 0.29) is 80.6 Å². The third kappa shape index (κ3) is 8.12. The normalized spacial score (nSPS) is 46.4. The minimum Gasteiger partial charge on any atom is -0.396 e. The summed E-state index contributed by atoms with van der Waals surface area (Å²) in [6, 6.07) is 0. The molecule has 2 aliphatic heterocycles. The Morgan fingerprint density at radius 1 is 0.941 bits per heavy atom.